The van der Waals surface area contributed by atoms with Gasteiger partial charge in [0.05, 0.1) is 19.4 Å². The summed E-state index contributed by atoms with van der Waals surface area (Å²) >= 11 is 2.21. The highest BCUT2D eigenvalue weighted by atomic mass is 127. The minimum Gasteiger partial charge on any atom is -0.466 e. The quantitative estimate of drug-likeness (QED) is 0.194. The Morgan fingerprint density at radius 3 is 2.08 bits per heavy atom. The average Bonchev–Trinajstić information content (AvgIpc) is 2.64. The molecule has 26 heavy (non-hydrogen) atoms. The zero-order valence-electron chi connectivity index (χ0n) is 15.8. The van der Waals surface area contributed by atoms with Gasteiger partial charge in [-0.05, 0) is 35.1 Å². The van der Waals surface area contributed by atoms with Crippen LogP contribution in [-0.2, 0) is 25.7 Å². The minimum atomic E-state index is -0.367. The lowest BCUT2D eigenvalue weighted by molar-refractivity contribution is -0.151. The van der Waals surface area contributed by atoms with E-state index in [9.17, 15) is 9.59 Å². The van der Waals surface area contributed by atoms with Gasteiger partial charge in [-0.25, -0.2) is 0 Å². The van der Waals surface area contributed by atoms with Crippen molar-refractivity contribution in [3.05, 3.63) is 33.4 Å². The van der Waals surface area contributed by atoms with Crippen LogP contribution in [-0.4, -0.2) is 18.5 Å². The summed E-state index contributed by atoms with van der Waals surface area (Å²) in [7, 11) is 0. The van der Waals surface area contributed by atoms with Crippen molar-refractivity contribution in [1.82, 2.24) is 0 Å². The summed E-state index contributed by atoms with van der Waals surface area (Å²) in [5, 5.41) is 0. The van der Waals surface area contributed by atoms with E-state index < -0.39 is 0 Å². The lowest BCUT2D eigenvalue weighted by atomic mass is 10.1. The zero-order valence-corrected chi connectivity index (χ0v) is 18.0. The third kappa shape index (κ3) is 11.5. The lowest BCUT2D eigenvalue weighted by Gasteiger charge is -2.07. The summed E-state index contributed by atoms with van der Waals surface area (Å²) in [6.45, 7) is 2.91. The fourth-order valence-corrected chi connectivity index (χ4v) is 3.09. The number of halogens is 1. The Balaban J connectivity index is 1.99. The molecule has 0 aliphatic carbocycles. The molecule has 1 aromatic carbocycles. The van der Waals surface area contributed by atoms with Crippen molar-refractivity contribution in [2.75, 3.05) is 6.61 Å². The first-order chi connectivity index (χ1) is 12.6. The van der Waals surface area contributed by atoms with Crippen LogP contribution in [0.4, 0.5) is 0 Å². The molecule has 0 aromatic heterocycles. The first-order valence-electron chi connectivity index (χ1n) is 9.68. The maximum Gasteiger partial charge on any atom is 0.306 e. The number of unbranched alkanes of at least 4 members (excludes halogenated alkanes) is 7. The Labute approximate surface area is 171 Å². The van der Waals surface area contributed by atoms with Crippen molar-refractivity contribution in [1.29, 1.82) is 0 Å². The topological polar surface area (TPSA) is 52.6 Å². The van der Waals surface area contributed by atoms with Gasteiger partial charge in [0.2, 0.25) is 0 Å². The molecule has 0 atom stereocenters. The molecule has 0 N–H and O–H groups in total. The van der Waals surface area contributed by atoms with E-state index in [0.29, 0.717) is 6.61 Å². The molecule has 146 valence electrons. The number of esters is 2. The Kier molecular flexibility index (Phi) is 13.2. The van der Waals surface area contributed by atoms with E-state index in [0.717, 1.165) is 22.0 Å². The third-order valence-corrected chi connectivity index (χ3v) is 5.19. The van der Waals surface area contributed by atoms with Crippen LogP contribution >= 0.6 is 22.6 Å². The fraction of sp³-hybridized carbons (Fsp3) is 0.619. The number of carbonyl (C=O) groups is 2. The van der Waals surface area contributed by atoms with E-state index >= 15 is 0 Å². The molecule has 5 heteroatoms. The van der Waals surface area contributed by atoms with Crippen LogP contribution in [0.15, 0.2) is 24.3 Å². The van der Waals surface area contributed by atoms with E-state index in [1.165, 1.54) is 38.5 Å². The number of benzene rings is 1. The molecule has 0 saturated heterocycles. The van der Waals surface area contributed by atoms with E-state index in [1.807, 2.05) is 24.3 Å². The van der Waals surface area contributed by atoms with Gasteiger partial charge in [-0.15, -0.1) is 0 Å². The molecular weight excluding hydrogens is 443 g/mol. The highest BCUT2D eigenvalue weighted by Gasteiger charge is 2.10. The average molecular weight is 474 g/mol. The number of ether oxygens (including phenoxy) is 2. The first-order valence-corrected chi connectivity index (χ1v) is 10.8. The summed E-state index contributed by atoms with van der Waals surface area (Å²) in [4.78, 5) is 23.4. The second-order valence-electron chi connectivity index (χ2n) is 6.45. The third-order valence-electron chi connectivity index (χ3n) is 4.14. The standard InChI is InChI=1S/C21H31IO4/c1-2-3-4-5-6-7-8-11-16-25-20(23)14-15-21(24)26-17-18-12-9-10-13-19(18)22/h9-10,12-13H,2-8,11,14-17H2,1H3. The van der Waals surface area contributed by atoms with Gasteiger partial charge >= 0.3 is 11.9 Å². The van der Waals surface area contributed by atoms with E-state index in [4.69, 9.17) is 9.47 Å². The van der Waals surface area contributed by atoms with E-state index in [2.05, 4.69) is 29.5 Å². The van der Waals surface area contributed by atoms with Gasteiger partial charge in [-0.3, -0.25) is 9.59 Å². The molecule has 0 unspecified atom stereocenters. The predicted octanol–water partition coefficient (Wildman–Crippen LogP) is 5.80. The van der Waals surface area contributed by atoms with Gasteiger partial charge in [0.15, 0.2) is 0 Å². The normalized spacial score (nSPS) is 10.5. The Hall–Kier alpha value is -1.11. The fourth-order valence-electron chi connectivity index (χ4n) is 2.54. The molecule has 1 rings (SSSR count). The molecule has 1 aromatic rings. The van der Waals surface area contributed by atoms with Crippen LogP contribution in [0, 0.1) is 3.57 Å². The number of carbonyl (C=O) groups excluding carboxylic acids is 2. The molecule has 0 radical (unpaired) electrons. The van der Waals surface area contributed by atoms with Gasteiger partial charge in [0, 0.05) is 9.13 Å². The lowest BCUT2D eigenvalue weighted by Crippen LogP contribution is -2.11. The summed E-state index contributed by atoms with van der Waals surface area (Å²) in [6.07, 6.45) is 9.84. The van der Waals surface area contributed by atoms with E-state index in [1.54, 1.807) is 0 Å². The predicted molar refractivity (Wildman–Crippen MR) is 112 cm³/mol. The van der Waals surface area contributed by atoms with Crippen LogP contribution in [0.25, 0.3) is 0 Å². The number of hydrogen-bond donors (Lipinski definition) is 0. The van der Waals surface area contributed by atoms with Crippen LogP contribution in [0.1, 0.15) is 76.7 Å². The zero-order chi connectivity index (χ0) is 19.0. The van der Waals surface area contributed by atoms with Crippen LogP contribution in [0.3, 0.4) is 0 Å². The van der Waals surface area contributed by atoms with E-state index in [-0.39, 0.29) is 31.4 Å². The number of rotatable bonds is 14. The van der Waals surface area contributed by atoms with Crippen LogP contribution < -0.4 is 0 Å². The molecule has 0 aliphatic rings. The molecular formula is C21H31IO4. The SMILES string of the molecule is CCCCCCCCCCOC(=O)CCC(=O)OCc1ccccc1I. The molecule has 0 aliphatic heterocycles. The van der Waals surface area contributed by atoms with Crippen LogP contribution in [0.5, 0.6) is 0 Å². The summed E-state index contributed by atoms with van der Waals surface area (Å²) in [6, 6.07) is 7.74. The highest BCUT2D eigenvalue weighted by Crippen LogP contribution is 2.13. The van der Waals surface area contributed by atoms with Crippen LogP contribution in [0.2, 0.25) is 0 Å². The molecule has 0 bridgehead atoms. The monoisotopic (exact) mass is 474 g/mol. The molecule has 0 fully saturated rings. The summed E-state index contributed by atoms with van der Waals surface area (Å²) in [5.74, 6) is -0.687. The van der Waals surface area contributed by atoms with Gasteiger partial charge in [-0.2, -0.15) is 0 Å². The number of hydrogen-bond acceptors (Lipinski definition) is 4. The first kappa shape index (κ1) is 22.9. The molecule has 0 saturated carbocycles. The second-order valence-corrected chi connectivity index (χ2v) is 7.61. The molecule has 0 spiro atoms. The van der Waals surface area contributed by atoms with Crippen molar-refractivity contribution >= 4 is 34.5 Å². The highest BCUT2D eigenvalue weighted by molar-refractivity contribution is 14.1. The van der Waals surface area contributed by atoms with Gasteiger partial charge in [-0.1, -0.05) is 70.1 Å². The second kappa shape index (κ2) is 15.0. The Bertz CT molecular complexity index is 530. The van der Waals surface area contributed by atoms with Crippen molar-refractivity contribution in [3.63, 3.8) is 0 Å². The largest absolute Gasteiger partial charge is 0.466 e. The summed E-state index contributed by atoms with van der Waals surface area (Å²) in [5.41, 5.74) is 0.971. The maximum absolute atomic E-state index is 11.7. The van der Waals surface area contributed by atoms with Crippen molar-refractivity contribution < 1.29 is 19.1 Å². The van der Waals surface area contributed by atoms with Gasteiger partial charge in [0.1, 0.15) is 6.61 Å². The Morgan fingerprint density at radius 1 is 0.846 bits per heavy atom. The molecule has 0 amide bonds. The van der Waals surface area contributed by atoms with Gasteiger partial charge in [0.25, 0.3) is 0 Å². The maximum atomic E-state index is 11.7. The Morgan fingerprint density at radius 2 is 1.42 bits per heavy atom. The van der Waals surface area contributed by atoms with Crippen molar-refractivity contribution in [2.45, 2.75) is 77.7 Å². The van der Waals surface area contributed by atoms with Crippen molar-refractivity contribution in [2.24, 2.45) is 0 Å². The summed E-state index contributed by atoms with van der Waals surface area (Å²) < 4.78 is 11.4. The minimum absolute atomic E-state index is 0.0691. The molecule has 0 heterocycles. The van der Waals surface area contributed by atoms with Gasteiger partial charge < -0.3 is 9.47 Å². The molecule has 4 nitrogen and oxygen atoms in total. The van der Waals surface area contributed by atoms with Crippen molar-refractivity contribution in [3.8, 4) is 0 Å². The smallest absolute Gasteiger partial charge is 0.306 e.